The molecule has 0 fully saturated rings. The van der Waals surface area contributed by atoms with E-state index in [4.69, 9.17) is 28.9 Å². The van der Waals surface area contributed by atoms with Crippen LogP contribution in [0.4, 0.5) is 11.6 Å². The van der Waals surface area contributed by atoms with E-state index in [2.05, 4.69) is 15.5 Å². The molecule has 0 radical (unpaired) electrons. The molecular formula is C12H12Cl2N4. The summed E-state index contributed by atoms with van der Waals surface area (Å²) in [6.07, 6.45) is 0. The SMILES string of the molecule is CC(Nc1ccc(N)nn1)c1ccc(Cl)cc1Cl. The zero-order chi connectivity index (χ0) is 13.1. The van der Waals surface area contributed by atoms with Crippen LogP contribution in [-0.2, 0) is 0 Å². The van der Waals surface area contributed by atoms with E-state index in [-0.39, 0.29) is 6.04 Å². The molecule has 1 aromatic carbocycles. The van der Waals surface area contributed by atoms with E-state index < -0.39 is 0 Å². The standard InChI is InChI=1S/C12H12Cl2N4/c1-7(9-3-2-8(13)6-10(9)14)16-12-5-4-11(15)17-18-12/h2-7H,1H3,(H2,15,17)(H,16,18). The van der Waals surface area contributed by atoms with Gasteiger partial charge >= 0.3 is 0 Å². The number of halogens is 2. The number of rotatable bonds is 3. The number of nitrogens with zero attached hydrogens (tertiary/aromatic N) is 2. The van der Waals surface area contributed by atoms with Gasteiger partial charge in [-0.3, -0.25) is 0 Å². The van der Waals surface area contributed by atoms with Crippen LogP contribution in [0, 0.1) is 0 Å². The number of benzene rings is 1. The quantitative estimate of drug-likeness (QED) is 0.904. The van der Waals surface area contributed by atoms with Crippen molar-refractivity contribution >= 4 is 34.8 Å². The maximum absolute atomic E-state index is 6.14. The smallest absolute Gasteiger partial charge is 0.149 e. The molecule has 0 aliphatic carbocycles. The lowest BCUT2D eigenvalue weighted by molar-refractivity contribution is 0.862. The largest absolute Gasteiger partial charge is 0.382 e. The second-order valence-corrected chi connectivity index (χ2v) is 4.72. The van der Waals surface area contributed by atoms with Crippen LogP contribution in [0.25, 0.3) is 0 Å². The van der Waals surface area contributed by atoms with E-state index in [0.29, 0.717) is 21.7 Å². The summed E-state index contributed by atoms with van der Waals surface area (Å²) in [5, 5.41) is 12.1. The molecule has 4 nitrogen and oxygen atoms in total. The molecule has 0 saturated heterocycles. The predicted molar refractivity (Wildman–Crippen MR) is 74.9 cm³/mol. The van der Waals surface area contributed by atoms with Crippen LogP contribution in [0.5, 0.6) is 0 Å². The van der Waals surface area contributed by atoms with Crippen molar-refractivity contribution in [3.8, 4) is 0 Å². The Morgan fingerprint density at radius 1 is 1.17 bits per heavy atom. The molecule has 1 unspecified atom stereocenters. The molecular weight excluding hydrogens is 271 g/mol. The molecule has 1 aromatic heterocycles. The molecule has 1 heterocycles. The Bertz CT molecular complexity index is 542. The van der Waals surface area contributed by atoms with Gasteiger partial charge in [0.2, 0.25) is 0 Å². The number of aromatic nitrogens is 2. The van der Waals surface area contributed by atoms with Crippen molar-refractivity contribution in [3.05, 3.63) is 45.9 Å². The van der Waals surface area contributed by atoms with Crippen LogP contribution < -0.4 is 11.1 Å². The van der Waals surface area contributed by atoms with Gasteiger partial charge in [-0.25, -0.2) is 0 Å². The fraction of sp³-hybridized carbons (Fsp3) is 0.167. The monoisotopic (exact) mass is 282 g/mol. The van der Waals surface area contributed by atoms with Crippen molar-refractivity contribution < 1.29 is 0 Å². The first-order valence-electron chi connectivity index (χ1n) is 5.37. The van der Waals surface area contributed by atoms with Gasteiger partial charge in [-0.05, 0) is 36.8 Å². The lowest BCUT2D eigenvalue weighted by Crippen LogP contribution is -2.09. The maximum atomic E-state index is 6.14. The van der Waals surface area contributed by atoms with Gasteiger partial charge in [-0.2, -0.15) is 0 Å². The molecule has 2 rings (SSSR count). The van der Waals surface area contributed by atoms with E-state index in [9.17, 15) is 0 Å². The summed E-state index contributed by atoms with van der Waals surface area (Å²) in [6, 6.07) is 8.84. The molecule has 18 heavy (non-hydrogen) atoms. The van der Waals surface area contributed by atoms with Gasteiger partial charge < -0.3 is 11.1 Å². The summed E-state index contributed by atoms with van der Waals surface area (Å²) in [6.45, 7) is 1.98. The number of nitrogens with two attached hydrogens (primary N) is 1. The first-order chi connectivity index (χ1) is 8.56. The highest BCUT2D eigenvalue weighted by molar-refractivity contribution is 6.35. The molecule has 0 amide bonds. The predicted octanol–water partition coefficient (Wildman–Crippen LogP) is 3.54. The van der Waals surface area contributed by atoms with E-state index in [1.54, 1.807) is 24.3 Å². The molecule has 0 saturated carbocycles. The van der Waals surface area contributed by atoms with Crippen LogP contribution in [0.1, 0.15) is 18.5 Å². The number of hydrogen-bond acceptors (Lipinski definition) is 4. The zero-order valence-corrected chi connectivity index (χ0v) is 11.2. The number of nitrogens with one attached hydrogen (secondary N) is 1. The Labute approximate surface area is 115 Å². The highest BCUT2D eigenvalue weighted by atomic mass is 35.5. The first-order valence-corrected chi connectivity index (χ1v) is 6.12. The van der Waals surface area contributed by atoms with Gasteiger partial charge in [0.15, 0.2) is 0 Å². The number of anilines is 2. The van der Waals surface area contributed by atoms with Gasteiger partial charge in [-0.1, -0.05) is 29.3 Å². The van der Waals surface area contributed by atoms with Crippen LogP contribution in [0.2, 0.25) is 10.0 Å². The van der Waals surface area contributed by atoms with Gasteiger partial charge in [0.25, 0.3) is 0 Å². The molecule has 1 atom stereocenters. The zero-order valence-electron chi connectivity index (χ0n) is 9.69. The Hall–Kier alpha value is -1.52. The average Bonchev–Trinajstić information content (AvgIpc) is 2.32. The second-order valence-electron chi connectivity index (χ2n) is 3.88. The Kier molecular flexibility index (Phi) is 3.89. The molecule has 0 spiro atoms. The molecule has 3 N–H and O–H groups in total. The Balaban J connectivity index is 2.16. The molecule has 0 aliphatic heterocycles. The molecule has 94 valence electrons. The highest BCUT2D eigenvalue weighted by Gasteiger charge is 2.10. The first kappa shape index (κ1) is 12.9. The summed E-state index contributed by atoms with van der Waals surface area (Å²) in [5.41, 5.74) is 6.42. The van der Waals surface area contributed by atoms with E-state index in [0.717, 1.165) is 5.56 Å². The van der Waals surface area contributed by atoms with Crippen molar-refractivity contribution in [3.63, 3.8) is 0 Å². The summed E-state index contributed by atoms with van der Waals surface area (Å²) >= 11 is 12.0. The van der Waals surface area contributed by atoms with Crippen molar-refractivity contribution in [1.29, 1.82) is 0 Å². The summed E-state index contributed by atoms with van der Waals surface area (Å²) < 4.78 is 0. The fourth-order valence-corrected chi connectivity index (χ4v) is 2.14. The molecule has 0 bridgehead atoms. The van der Waals surface area contributed by atoms with Gasteiger partial charge in [0.05, 0.1) is 6.04 Å². The van der Waals surface area contributed by atoms with E-state index in [1.165, 1.54) is 0 Å². The third-order valence-corrected chi connectivity index (χ3v) is 3.04. The van der Waals surface area contributed by atoms with Crippen molar-refractivity contribution in [2.24, 2.45) is 0 Å². The highest BCUT2D eigenvalue weighted by Crippen LogP contribution is 2.27. The number of nitrogen functional groups attached to an aromatic ring is 1. The average molecular weight is 283 g/mol. The third-order valence-electron chi connectivity index (χ3n) is 2.48. The molecule has 6 heteroatoms. The maximum Gasteiger partial charge on any atom is 0.149 e. The van der Waals surface area contributed by atoms with E-state index >= 15 is 0 Å². The lowest BCUT2D eigenvalue weighted by Gasteiger charge is -2.16. The summed E-state index contributed by atoms with van der Waals surface area (Å²) in [4.78, 5) is 0. The fourth-order valence-electron chi connectivity index (χ4n) is 1.57. The van der Waals surface area contributed by atoms with Crippen LogP contribution in [0.3, 0.4) is 0 Å². The van der Waals surface area contributed by atoms with E-state index in [1.807, 2.05) is 13.0 Å². The molecule has 2 aromatic rings. The van der Waals surface area contributed by atoms with Gasteiger partial charge in [0.1, 0.15) is 11.6 Å². The van der Waals surface area contributed by atoms with Crippen LogP contribution in [0.15, 0.2) is 30.3 Å². The second kappa shape index (κ2) is 5.42. The van der Waals surface area contributed by atoms with Crippen molar-refractivity contribution in [2.45, 2.75) is 13.0 Å². The minimum atomic E-state index is -0.00677. The van der Waals surface area contributed by atoms with Crippen molar-refractivity contribution in [1.82, 2.24) is 10.2 Å². The Morgan fingerprint density at radius 3 is 2.56 bits per heavy atom. The summed E-state index contributed by atoms with van der Waals surface area (Å²) in [7, 11) is 0. The third kappa shape index (κ3) is 3.03. The normalized spacial score (nSPS) is 12.2. The number of hydrogen-bond donors (Lipinski definition) is 2. The minimum Gasteiger partial charge on any atom is -0.382 e. The van der Waals surface area contributed by atoms with Crippen LogP contribution in [-0.4, -0.2) is 10.2 Å². The lowest BCUT2D eigenvalue weighted by atomic mass is 10.1. The van der Waals surface area contributed by atoms with Gasteiger partial charge in [0, 0.05) is 10.0 Å². The Morgan fingerprint density at radius 2 is 1.94 bits per heavy atom. The molecule has 0 aliphatic rings. The van der Waals surface area contributed by atoms with Gasteiger partial charge in [-0.15, -0.1) is 10.2 Å². The topological polar surface area (TPSA) is 63.8 Å². The van der Waals surface area contributed by atoms with Crippen molar-refractivity contribution in [2.75, 3.05) is 11.1 Å². The van der Waals surface area contributed by atoms with Crippen LogP contribution >= 0.6 is 23.2 Å². The minimum absolute atomic E-state index is 0.00677. The summed E-state index contributed by atoms with van der Waals surface area (Å²) in [5.74, 6) is 1.03.